The van der Waals surface area contributed by atoms with Gasteiger partial charge in [-0.05, 0) is 48.5 Å². The van der Waals surface area contributed by atoms with Gasteiger partial charge in [-0.2, -0.15) is 4.31 Å². The first-order chi connectivity index (χ1) is 16.3. The molecule has 10 heteroatoms. The van der Waals surface area contributed by atoms with Gasteiger partial charge in [-0.25, -0.2) is 12.8 Å². The van der Waals surface area contributed by atoms with Gasteiger partial charge >= 0.3 is 0 Å². The molecule has 0 spiro atoms. The first-order valence-corrected chi connectivity index (χ1v) is 11.9. The number of carbonyl (C=O) groups excluding carboxylic acids is 1. The number of hydrogen-bond donors (Lipinski definition) is 2. The summed E-state index contributed by atoms with van der Waals surface area (Å²) in [7, 11) is -2.62. The fourth-order valence-corrected chi connectivity index (χ4v) is 5.39. The molecule has 2 unspecified atom stereocenters. The number of rotatable bonds is 7. The van der Waals surface area contributed by atoms with Crippen LogP contribution >= 0.6 is 0 Å². The number of hydrogen-bond acceptors (Lipinski definition) is 6. The Kier molecular flexibility index (Phi) is 6.71. The number of para-hydroxylation sites is 2. The van der Waals surface area contributed by atoms with Crippen molar-refractivity contribution in [2.75, 3.05) is 19.0 Å². The number of phenolic OH excluding ortho intramolecular Hbond substituents is 1. The molecule has 1 aliphatic heterocycles. The number of phenols is 1. The third-order valence-corrected chi connectivity index (χ3v) is 7.37. The highest BCUT2D eigenvalue weighted by molar-refractivity contribution is 7.89. The van der Waals surface area contributed by atoms with E-state index in [2.05, 4.69) is 5.32 Å². The zero-order valence-corrected chi connectivity index (χ0v) is 19.0. The average molecular weight is 487 g/mol. The molecule has 0 saturated carbocycles. The maximum Gasteiger partial charge on any atom is 0.243 e. The third-order valence-electron chi connectivity index (χ3n) is 5.48. The van der Waals surface area contributed by atoms with E-state index in [1.807, 2.05) is 6.07 Å². The Morgan fingerprint density at radius 3 is 2.41 bits per heavy atom. The molecule has 0 bridgehead atoms. The fraction of sp³-hybridized carbons (Fsp3) is 0.208. The van der Waals surface area contributed by atoms with Crippen LogP contribution in [-0.4, -0.2) is 49.5 Å². The van der Waals surface area contributed by atoms with Crippen molar-refractivity contribution in [3.05, 3.63) is 78.6 Å². The maximum atomic E-state index is 13.7. The Labute approximate surface area is 196 Å². The lowest BCUT2D eigenvalue weighted by Gasteiger charge is -2.23. The van der Waals surface area contributed by atoms with E-state index in [0.29, 0.717) is 11.5 Å². The van der Waals surface area contributed by atoms with Crippen molar-refractivity contribution >= 4 is 21.6 Å². The minimum atomic E-state index is -4.09. The molecule has 0 aliphatic carbocycles. The molecule has 2 atom stereocenters. The Balaban J connectivity index is 1.63. The number of benzene rings is 3. The first-order valence-electron chi connectivity index (χ1n) is 10.5. The number of sulfonamides is 1. The lowest BCUT2D eigenvalue weighted by atomic mass is 10.2. The molecule has 8 nitrogen and oxygen atoms in total. The lowest BCUT2D eigenvalue weighted by Crippen LogP contribution is -2.43. The van der Waals surface area contributed by atoms with Crippen LogP contribution in [0.25, 0.3) is 0 Å². The molecule has 2 N–H and O–H groups in total. The highest BCUT2D eigenvalue weighted by atomic mass is 32.2. The van der Waals surface area contributed by atoms with E-state index in [1.165, 1.54) is 43.5 Å². The van der Waals surface area contributed by atoms with Gasteiger partial charge < -0.3 is 19.9 Å². The standard InChI is InChI=1S/C24H23FN2O6S/c1-32-16-10-12-19(13-11-16)34(30,31)27-15-18(33-17-6-3-2-4-7-17)14-22(27)24(29)26-21-9-5-8-20(25)23(21)28/h2-13,18,22,28H,14-15H2,1H3,(H,26,29). The van der Waals surface area contributed by atoms with E-state index in [4.69, 9.17) is 9.47 Å². The molecule has 0 radical (unpaired) electrons. The number of nitrogens with one attached hydrogen (secondary N) is 1. The van der Waals surface area contributed by atoms with Crippen molar-refractivity contribution in [3.8, 4) is 17.2 Å². The first kappa shape index (κ1) is 23.5. The van der Waals surface area contributed by atoms with Crippen molar-refractivity contribution in [3.63, 3.8) is 0 Å². The van der Waals surface area contributed by atoms with Crippen LogP contribution in [0.3, 0.4) is 0 Å². The second-order valence-corrected chi connectivity index (χ2v) is 9.57. The Hall–Kier alpha value is -3.63. The number of nitrogens with zero attached hydrogens (tertiary/aromatic N) is 1. The van der Waals surface area contributed by atoms with Crippen LogP contribution in [0, 0.1) is 5.82 Å². The number of aromatic hydroxyl groups is 1. The van der Waals surface area contributed by atoms with Gasteiger partial charge in [0.05, 0.1) is 24.2 Å². The molecule has 3 aromatic rings. The van der Waals surface area contributed by atoms with Crippen LogP contribution in [0.4, 0.5) is 10.1 Å². The molecule has 1 fully saturated rings. The lowest BCUT2D eigenvalue weighted by molar-refractivity contribution is -0.119. The summed E-state index contributed by atoms with van der Waals surface area (Å²) < 4.78 is 52.7. The van der Waals surface area contributed by atoms with Crippen molar-refractivity contribution in [2.45, 2.75) is 23.5 Å². The van der Waals surface area contributed by atoms with E-state index >= 15 is 0 Å². The van der Waals surface area contributed by atoms with E-state index in [9.17, 15) is 22.7 Å². The summed E-state index contributed by atoms with van der Waals surface area (Å²) in [5.41, 5.74) is -0.153. The maximum absolute atomic E-state index is 13.7. The topological polar surface area (TPSA) is 105 Å². The van der Waals surface area contributed by atoms with E-state index < -0.39 is 39.6 Å². The third kappa shape index (κ3) is 4.82. The molecular weight excluding hydrogens is 463 g/mol. The summed E-state index contributed by atoms with van der Waals surface area (Å²) in [6.07, 6.45) is -0.543. The SMILES string of the molecule is COc1ccc(S(=O)(=O)N2CC(Oc3ccccc3)CC2C(=O)Nc2cccc(F)c2O)cc1. The van der Waals surface area contributed by atoms with Crippen LogP contribution in [0.5, 0.6) is 17.2 Å². The number of halogens is 1. The minimum Gasteiger partial charge on any atom is -0.503 e. The van der Waals surface area contributed by atoms with Gasteiger partial charge in [0.1, 0.15) is 23.6 Å². The number of methoxy groups -OCH3 is 1. The van der Waals surface area contributed by atoms with Crippen LogP contribution in [0.1, 0.15) is 6.42 Å². The van der Waals surface area contributed by atoms with E-state index in [-0.39, 0.29) is 23.5 Å². The molecule has 1 aliphatic rings. The molecule has 3 aromatic carbocycles. The normalized spacial score (nSPS) is 18.4. The molecule has 1 saturated heterocycles. The molecule has 1 heterocycles. The van der Waals surface area contributed by atoms with Gasteiger partial charge in [0.15, 0.2) is 11.6 Å². The zero-order chi connectivity index (χ0) is 24.3. The number of carbonyl (C=O) groups is 1. The summed E-state index contributed by atoms with van der Waals surface area (Å²) in [6, 6.07) is 17.2. The average Bonchev–Trinajstić information content (AvgIpc) is 3.27. The summed E-state index contributed by atoms with van der Waals surface area (Å²) in [4.78, 5) is 13.1. The smallest absolute Gasteiger partial charge is 0.243 e. The van der Waals surface area contributed by atoms with Crippen molar-refractivity contribution < 1.29 is 32.2 Å². The Morgan fingerprint density at radius 2 is 1.74 bits per heavy atom. The van der Waals surface area contributed by atoms with Gasteiger partial charge in [-0.1, -0.05) is 24.3 Å². The molecule has 4 rings (SSSR count). The molecule has 34 heavy (non-hydrogen) atoms. The van der Waals surface area contributed by atoms with Crippen LogP contribution in [0.2, 0.25) is 0 Å². The predicted octanol–water partition coefficient (Wildman–Crippen LogP) is 3.39. The molecule has 178 valence electrons. The predicted molar refractivity (Wildman–Crippen MR) is 123 cm³/mol. The van der Waals surface area contributed by atoms with E-state index in [1.54, 1.807) is 24.3 Å². The second-order valence-electron chi connectivity index (χ2n) is 7.68. The quantitative estimate of drug-likeness (QED) is 0.496. The van der Waals surface area contributed by atoms with Crippen LogP contribution in [0.15, 0.2) is 77.7 Å². The van der Waals surface area contributed by atoms with Gasteiger partial charge in [0.2, 0.25) is 15.9 Å². The van der Waals surface area contributed by atoms with Gasteiger partial charge in [-0.3, -0.25) is 4.79 Å². The zero-order valence-electron chi connectivity index (χ0n) is 18.2. The number of anilines is 1. The molecule has 1 amide bonds. The Morgan fingerprint density at radius 1 is 1.03 bits per heavy atom. The number of amides is 1. The monoisotopic (exact) mass is 486 g/mol. The molecular formula is C24H23FN2O6S. The highest BCUT2D eigenvalue weighted by Crippen LogP contribution is 2.32. The van der Waals surface area contributed by atoms with Crippen LogP contribution in [-0.2, 0) is 14.8 Å². The fourth-order valence-electron chi connectivity index (χ4n) is 3.76. The van der Waals surface area contributed by atoms with Gasteiger partial charge in [0, 0.05) is 6.42 Å². The van der Waals surface area contributed by atoms with Crippen LogP contribution < -0.4 is 14.8 Å². The minimum absolute atomic E-state index is 0.0138. The van der Waals surface area contributed by atoms with E-state index in [0.717, 1.165) is 10.4 Å². The van der Waals surface area contributed by atoms with Crippen molar-refractivity contribution in [1.29, 1.82) is 0 Å². The highest BCUT2D eigenvalue weighted by Gasteiger charge is 2.45. The van der Waals surface area contributed by atoms with Crippen molar-refractivity contribution in [2.24, 2.45) is 0 Å². The second kappa shape index (κ2) is 9.70. The van der Waals surface area contributed by atoms with Crippen molar-refractivity contribution in [1.82, 2.24) is 4.31 Å². The summed E-state index contributed by atoms with van der Waals surface area (Å²) >= 11 is 0. The Bertz CT molecular complexity index is 1270. The molecule has 0 aromatic heterocycles. The number of ether oxygens (including phenoxy) is 2. The summed E-state index contributed by atoms with van der Waals surface area (Å²) in [5, 5.41) is 12.4. The largest absolute Gasteiger partial charge is 0.503 e. The summed E-state index contributed by atoms with van der Waals surface area (Å²) in [5.74, 6) is -1.32. The van der Waals surface area contributed by atoms with Gasteiger partial charge in [-0.15, -0.1) is 0 Å². The summed E-state index contributed by atoms with van der Waals surface area (Å²) in [6.45, 7) is -0.0729. The van der Waals surface area contributed by atoms with Gasteiger partial charge in [0.25, 0.3) is 0 Å².